The fourth-order valence-corrected chi connectivity index (χ4v) is 1.26. The maximum Gasteiger partial charge on any atom is 0.127 e. The average molecular weight is 247 g/mol. The van der Waals surface area contributed by atoms with Crippen LogP contribution in [0.5, 0.6) is 5.75 Å². The van der Waals surface area contributed by atoms with Gasteiger partial charge in [0.25, 0.3) is 0 Å². The topological polar surface area (TPSA) is 9.23 Å². The Hall–Kier alpha value is -0.570. The second-order valence-electron chi connectivity index (χ2n) is 2.86. The standard InChI is InChI=1S/C10H12BrFO/c1-8-5-9(12)7-10(6-8)13-4-2-3-11/h5-7H,2-4H2,1H3. The van der Waals surface area contributed by atoms with E-state index < -0.39 is 0 Å². The van der Waals surface area contributed by atoms with Crippen LogP contribution in [0.1, 0.15) is 12.0 Å². The summed E-state index contributed by atoms with van der Waals surface area (Å²) in [6.07, 6.45) is 0.926. The van der Waals surface area contributed by atoms with E-state index in [2.05, 4.69) is 15.9 Å². The van der Waals surface area contributed by atoms with E-state index in [1.165, 1.54) is 12.1 Å². The van der Waals surface area contributed by atoms with Gasteiger partial charge < -0.3 is 4.74 Å². The van der Waals surface area contributed by atoms with Gasteiger partial charge in [-0.3, -0.25) is 0 Å². The van der Waals surface area contributed by atoms with Crippen LogP contribution in [0.4, 0.5) is 4.39 Å². The fourth-order valence-electron chi connectivity index (χ4n) is 1.03. The van der Waals surface area contributed by atoms with Gasteiger partial charge in [-0.15, -0.1) is 0 Å². The average Bonchev–Trinajstić information content (AvgIpc) is 2.03. The largest absolute Gasteiger partial charge is 0.493 e. The third kappa shape index (κ3) is 3.77. The summed E-state index contributed by atoms with van der Waals surface area (Å²) >= 11 is 3.30. The molecule has 0 amide bonds. The molecular weight excluding hydrogens is 235 g/mol. The predicted molar refractivity (Wildman–Crippen MR) is 55.0 cm³/mol. The molecule has 0 aliphatic heterocycles. The first-order chi connectivity index (χ1) is 6.22. The summed E-state index contributed by atoms with van der Waals surface area (Å²) in [5.74, 6) is 0.368. The number of ether oxygens (including phenoxy) is 1. The van der Waals surface area contributed by atoms with Crippen molar-refractivity contribution in [3.8, 4) is 5.75 Å². The van der Waals surface area contributed by atoms with Gasteiger partial charge in [-0.05, 0) is 31.0 Å². The minimum Gasteiger partial charge on any atom is -0.493 e. The van der Waals surface area contributed by atoms with Crippen molar-refractivity contribution in [1.29, 1.82) is 0 Å². The molecule has 72 valence electrons. The summed E-state index contributed by atoms with van der Waals surface area (Å²) in [6, 6.07) is 4.72. The minimum atomic E-state index is -0.242. The quantitative estimate of drug-likeness (QED) is 0.586. The third-order valence-electron chi connectivity index (χ3n) is 1.56. The molecular formula is C10H12BrFO. The summed E-state index contributed by atoms with van der Waals surface area (Å²) in [5, 5.41) is 0.904. The Morgan fingerprint density at radius 1 is 1.38 bits per heavy atom. The Balaban J connectivity index is 2.56. The number of hydrogen-bond acceptors (Lipinski definition) is 1. The molecule has 13 heavy (non-hydrogen) atoms. The van der Waals surface area contributed by atoms with Crippen molar-refractivity contribution in [2.24, 2.45) is 0 Å². The Kier molecular flexibility index (Phi) is 4.22. The molecule has 0 unspecified atom stereocenters. The number of hydrogen-bond donors (Lipinski definition) is 0. The fraction of sp³-hybridized carbons (Fsp3) is 0.400. The highest BCUT2D eigenvalue weighted by molar-refractivity contribution is 9.09. The van der Waals surface area contributed by atoms with Gasteiger partial charge in [0, 0.05) is 11.4 Å². The van der Waals surface area contributed by atoms with E-state index in [0.717, 1.165) is 17.3 Å². The van der Waals surface area contributed by atoms with E-state index in [1.807, 2.05) is 13.0 Å². The zero-order valence-electron chi connectivity index (χ0n) is 7.52. The summed E-state index contributed by atoms with van der Waals surface area (Å²) < 4.78 is 18.2. The smallest absolute Gasteiger partial charge is 0.127 e. The van der Waals surface area contributed by atoms with Crippen LogP contribution in [-0.4, -0.2) is 11.9 Å². The predicted octanol–water partition coefficient (Wildman–Crippen LogP) is 3.30. The summed E-state index contributed by atoms with van der Waals surface area (Å²) in [4.78, 5) is 0. The molecule has 3 heteroatoms. The van der Waals surface area contributed by atoms with E-state index in [9.17, 15) is 4.39 Å². The normalized spacial score (nSPS) is 10.1. The van der Waals surface area contributed by atoms with Crippen molar-refractivity contribution in [3.05, 3.63) is 29.6 Å². The number of rotatable bonds is 4. The maximum absolute atomic E-state index is 12.8. The zero-order valence-corrected chi connectivity index (χ0v) is 9.10. The van der Waals surface area contributed by atoms with Crippen LogP contribution < -0.4 is 4.74 Å². The van der Waals surface area contributed by atoms with E-state index in [0.29, 0.717) is 12.4 Å². The monoisotopic (exact) mass is 246 g/mol. The first-order valence-electron chi connectivity index (χ1n) is 4.18. The van der Waals surface area contributed by atoms with Crippen molar-refractivity contribution in [2.75, 3.05) is 11.9 Å². The van der Waals surface area contributed by atoms with E-state index in [4.69, 9.17) is 4.74 Å². The number of benzene rings is 1. The molecule has 0 aliphatic carbocycles. The lowest BCUT2D eigenvalue weighted by atomic mass is 10.2. The zero-order chi connectivity index (χ0) is 9.68. The molecule has 0 fully saturated rings. The van der Waals surface area contributed by atoms with Crippen molar-refractivity contribution < 1.29 is 9.13 Å². The van der Waals surface area contributed by atoms with Crippen LogP contribution >= 0.6 is 15.9 Å². The lowest BCUT2D eigenvalue weighted by Gasteiger charge is -2.05. The highest BCUT2D eigenvalue weighted by Gasteiger charge is 1.98. The molecule has 0 saturated carbocycles. The second-order valence-corrected chi connectivity index (χ2v) is 3.65. The van der Waals surface area contributed by atoms with Gasteiger partial charge in [-0.2, -0.15) is 0 Å². The Morgan fingerprint density at radius 2 is 2.15 bits per heavy atom. The highest BCUT2D eigenvalue weighted by atomic mass is 79.9. The Labute approximate surface area is 86.0 Å². The molecule has 0 radical (unpaired) electrons. The van der Waals surface area contributed by atoms with Gasteiger partial charge in [-0.25, -0.2) is 4.39 Å². The molecule has 0 N–H and O–H groups in total. The molecule has 1 aromatic rings. The van der Waals surface area contributed by atoms with Crippen molar-refractivity contribution in [2.45, 2.75) is 13.3 Å². The number of aryl methyl sites for hydroxylation is 1. The molecule has 0 aromatic heterocycles. The van der Waals surface area contributed by atoms with Crippen LogP contribution in [0.25, 0.3) is 0 Å². The van der Waals surface area contributed by atoms with Crippen molar-refractivity contribution >= 4 is 15.9 Å². The van der Waals surface area contributed by atoms with Gasteiger partial charge in [0.15, 0.2) is 0 Å². The van der Waals surface area contributed by atoms with E-state index >= 15 is 0 Å². The van der Waals surface area contributed by atoms with Gasteiger partial charge in [-0.1, -0.05) is 15.9 Å². The highest BCUT2D eigenvalue weighted by Crippen LogP contribution is 2.15. The Bertz CT molecular complexity index is 255. The molecule has 1 rings (SSSR count). The second kappa shape index (κ2) is 5.22. The van der Waals surface area contributed by atoms with Crippen LogP contribution in [-0.2, 0) is 0 Å². The SMILES string of the molecule is Cc1cc(F)cc(OCCCBr)c1. The van der Waals surface area contributed by atoms with Crippen molar-refractivity contribution in [3.63, 3.8) is 0 Å². The number of halogens is 2. The van der Waals surface area contributed by atoms with Gasteiger partial charge in [0.2, 0.25) is 0 Å². The lowest BCUT2D eigenvalue weighted by Crippen LogP contribution is -1.98. The number of alkyl halides is 1. The first kappa shape index (κ1) is 10.5. The summed E-state index contributed by atoms with van der Waals surface area (Å²) in [5.41, 5.74) is 0.883. The molecule has 0 atom stereocenters. The molecule has 1 nitrogen and oxygen atoms in total. The lowest BCUT2D eigenvalue weighted by molar-refractivity contribution is 0.317. The van der Waals surface area contributed by atoms with Crippen LogP contribution in [0.15, 0.2) is 18.2 Å². The van der Waals surface area contributed by atoms with Gasteiger partial charge in [0.05, 0.1) is 6.61 Å². The molecule has 0 aliphatic rings. The van der Waals surface area contributed by atoms with Crippen LogP contribution in [0.2, 0.25) is 0 Å². The van der Waals surface area contributed by atoms with Gasteiger partial charge in [0.1, 0.15) is 11.6 Å². The Morgan fingerprint density at radius 3 is 2.77 bits per heavy atom. The van der Waals surface area contributed by atoms with Crippen LogP contribution in [0, 0.1) is 12.7 Å². The maximum atomic E-state index is 12.8. The molecule has 1 aromatic carbocycles. The molecule has 0 heterocycles. The summed E-state index contributed by atoms with van der Waals surface area (Å²) in [7, 11) is 0. The van der Waals surface area contributed by atoms with Gasteiger partial charge >= 0.3 is 0 Å². The van der Waals surface area contributed by atoms with Crippen molar-refractivity contribution in [1.82, 2.24) is 0 Å². The minimum absolute atomic E-state index is 0.242. The van der Waals surface area contributed by atoms with E-state index in [-0.39, 0.29) is 5.82 Å². The molecule has 0 spiro atoms. The summed E-state index contributed by atoms with van der Waals surface area (Å²) in [6.45, 7) is 2.47. The molecule has 0 bridgehead atoms. The van der Waals surface area contributed by atoms with Crippen LogP contribution in [0.3, 0.4) is 0 Å². The van der Waals surface area contributed by atoms with E-state index in [1.54, 1.807) is 0 Å². The first-order valence-corrected chi connectivity index (χ1v) is 5.30. The molecule has 0 saturated heterocycles. The third-order valence-corrected chi connectivity index (χ3v) is 2.12.